The van der Waals surface area contributed by atoms with Gasteiger partial charge in [-0.15, -0.1) is 10.2 Å². The summed E-state index contributed by atoms with van der Waals surface area (Å²) in [6.45, 7) is 0. The van der Waals surface area contributed by atoms with Gasteiger partial charge in [0.15, 0.2) is 0 Å². The summed E-state index contributed by atoms with van der Waals surface area (Å²) in [6.07, 6.45) is 6.35. The number of rotatable bonds is 5. The van der Waals surface area contributed by atoms with E-state index in [1.54, 1.807) is 0 Å². The minimum atomic E-state index is -0.0390. The van der Waals surface area contributed by atoms with E-state index in [2.05, 4.69) is 46.4 Å². The molecule has 0 saturated heterocycles. The van der Waals surface area contributed by atoms with Gasteiger partial charge in [0.25, 0.3) is 0 Å². The zero-order chi connectivity index (χ0) is 18.6. The third-order valence-corrected chi connectivity index (χ3v) is 5.69. The summed E-state index contributed by atoms with van der Waals surface area (Å²) in [5.74, 6) is 1.17. The molecule has 0 amide bonds. The Morgan fingerprint density at radius 1 is 0.963 bits per heavy atom. The highest BCUT2D eigenvalue weighted by Crippen LogP contribution is 2.34. The summed E-state index contributed by atoms with van der Waals surface area (Å²) in [7, 11) is 2.18. The molecule has 4 nitrogen and oxygen atoms in total. The van der Waals surface area contributed by atoms with Crippen LogP contribution in [0.1, 0.15) is 49.6 Å². The van der Waals surface area contributed by atoms with Gasteiger partial charge in [-0.05, 0) is 49.7 Å². The lowest BCUT2D eigenvalue weighted by atomic mass is 9.92. The Kier molecular flexibility index (Phi) is 5.55. The van der Waals surface area contributed by atoms with E-state index < -0.39 is 0 Å². The maximum Gasteiger partial charge on any atom is 0.247 e. The molecular weight excluding hydrogens is 358 g/mol. The standard InChI is InChI=1S/C22H24ClN3O/c1-26(19-10-6-3-7-11-19)20(16-8-4-2-5-9-16)22-25-24-21(27-22)17-12-14-18(23)15-13-17/h2,4-5,8-9,12-15,19-20H,3,6-7,10-11H2,1H3. The normalized spacial score (nSPS) is 16.6. The molecule has 5 heteroatoms. The van der Waals surface area contributed by atoms with Gasteiger partial charge in [-0.25, -0.2) is 0 Å². The number of hydrogen-bond donors (Lipinski definition) is 0. The maximum absolute atomic E-state index is 6.13. The van der Waals surface area contributed by atoms with Gasteiger partial charge < -0.3 is 4.42 Å². The molecule has 1 aliphatic rings. The van der Waals surface area contributed by atoms with Crippen LogP contribution in [0.15, 0.2) is 59.0 Å². The van der Waals surface area contributed by atoms with Crippen molar-refractivity contribution >= 4 is 11.6 Å². The fourth-order valence-corrected chi connectivity index (χ4v) is 4.07. The lowest BCUT2D eigenvalue weighted by Crippen LogP contribution is -2.37. The Hall–Kier alpha value is -2.17. The van der Waals surface area contributed by atoms with Gasteiger partial charge in [-0.3, -0.25) is 4.90 Å². The molecule has 2 aromatic carbocycles. The molecule has 1 saturated carbocycles. The highest BCUT2D eigenvalue weighted by atomic mass is 35.5. The van der Waals surface area contributed by atoms with Crippen molar-refractivity contribution in [3.05, 3.63) is 71.1 Å². The molecule has 0 bridgehead atoms. The van der Waals surface area contributed by atoms with Crippen LogP contribution in [0.25, 0.3) is 11.5 Å². The summed E-state index contributed by atoms with van der Waals surface area (Å²) < 4.78 is 6.13. The van der Waals surface area contributed by atoms with Crippen LogP contribution in [-0.2, 0) is 0 Å². The van der Waals surface area contributed by atoms with Crippen molar-refractivity contribution in [3.8, 4) is 11.5 Å². The van der Waals surface area contributed by atoms with Crippen molar-refractivity contribution in [2.24, 2.45) is 0 Å². The van der Waals surface area contributed by atoms with Crippen LogP contribution < -0.4 is 0 Å². The second-order valence-corrected chi connectivity index (χ2v) is 7.66. The average Bonchev–Trinajstić information content (AvgIpc) is 3.20. The van der Waals surface area contributed by atoms with E-state index in [1.807, 2.05) is 30.3 Å². The summed E-state index contributed by atoms with van der Waals surface area (Å²) >= 11 is 5.99. The van der Waals surface area contributed by atoms with Gasteiger partial charge in [-0.2, -0.15) is 0 Å². The van der Waals surface area contributed by atoms with Crippen molar-refractivity contribution in [2.75, 3.05) is 7.05 Å². The average molecular weight is 382 g/mol. The Bertz CT molecular complexity index is 857. The van der Waals surface area contributed by atoms with Crippen LogP contribution in [0.5, 0.6) is 0 Å². The van der Waals surface area contributed by atoms with E-state index in [0.29, 0.717) is 22.8 Å². The molecular formula is C22H24ClN3O. The molecule has 1 fully saturated rings. The van der Waals surface area contributed by atoms with E-state index in [9.17, 15) is 0 Å². The second kappa shape index (κ2) is 8.24. The first-order valence-corrected chi connectivity index (χ1v) is 9.96. The van der Waals surface area contributed by atoms with E-state index in [0.717, 1.165) is 5.56 Å². The molecule has 1 aromatic heterocycles. The van der Waals surface area contributed by atoms with Crippen molar-refractivity contribution < 1.29 is 4.42 Å². The molecule has 0 aliphatic heterocycles. The molecule has 0 N–H and O–H groups in total. The molecule has 1 heterocycles. The van der Waals surface area contributed by atoms with Crippen molar-refractivity contribution in [2.45, 2.75) is 44.2 Å². The Labute approximate surface area is 165 Å². The number of nitrogens with zero attached hydrogens (tertiary/aromatic N) is 3. The van der Waals surface area contributed by atoms with Crippen LogP contribution in [0.2, 0.25) is 5.02 Å². The van der Waals surface area contributed by atoms with Gasteiger partial charge in [0.1, 0.15) is 6.04 Å². The minimum Gasteiger partial charge on any atom is -0.419 e. The number of aromatic nitrogens is 2. The van der Waals surface area contributed by atoms with E-state index in [-0.39, 0.29) is 6.04 Å². The number of benzene rings is 2. The minimum absolute atomic E-state index is 0.0390. The van der Waals surface area contributed by atoms with Crippen molar-refractivity contribution in [3.63, 3.8) is 0 Å². The zero-order valence-corrected chi connectivity index (χ0v) is 16.3. The lowest BCUT2D eigenvalue weighted by molar-refractivity contribution is 0.141. The first kappa shape index (κ1) is 18.2. The topological polar surface area (TPSA) is 42.2 Å². The Balaban J connectivity index is 1.67. The molecule has 1 unspecified atom stereocenters. The van der Waals surface area contributed by atoms with Gasteiger partial charge in [0, 0.05) is 16.6 Å². The molecule has 140 valence electrons. The van der Waals surface area contributed by atoms with Crippen LogP contribution in [-0.4, -0.2) is 28.2 Å². The van der Waals surface area contributed by atoms with Crippen LogP contribution in [0.4, 0.5) is 0 Å². The summed E-state index contributed by atoms with van der Waals surface area (Å²) in [4.78, 5) is 2.41. The smallest absolute Gasteiger partial charge is 0.247 e. The number of halogens is 1. The molecule has 4 rings (SSSR count). The first-order chi connectivity index (χ1) is 13.2. The van der Waals surface area contributed by atoms with Gasteiger partial charge in [0.05, 0.1) is 0 Å². The summed E-state index contributed by atoms with van der Waals surface area (Å²) in [6, 6.07) is 18.4. The van der Waals surface area contributed by atoms with E-state index in [1.165, 1.54) is 37.7 Å². The molecule has 0 radical (unpaired) electrons. The molecule has 3 aromatic rings. The van der Waals surface area contributed by atoms with Crippen LogP contribution >= 0.6 is 11.6 Å². The predicted octanol–water partition coefficient (Wildman–Crippen LogP) is 5.74. The lowest BCUT2D eigenvalue weighted by Gasteiger charge is -2.35. The van der Waals surface area contributed by atoms with Gasteiger partial charge >= 0.3 is 0 Å². The monoisotopic (exact) mass is 381 g/mol. The predicted molar refractivity (Wildman–Crippen MR) is 108 cm³/mol. The Morgan fingerprint density at radius 2 is 1.67 bits per heavy atom. The van der Waals surface area contributed by atoms with Crippen LogP contribution in [0, 0.1) is 0 Å². The zero-order valence-electron chi connectivity index (χ0n) is 15.5. The van der Waals surface area contributed by atoms with Crippen molar-refractivity contribution in [1.82, 2.24) is 15.1 Å². The molecule has 1 atom stereocenters. The van der Waals surface area contributed by atoms with Gasteiger partial charge in [0.2, 0.25) is 11.8 Å². The van der Waals surface area contributed by atoms with Crippen molar-refractivity contribution in [1.29, 1.82) is 0 Å². The molecule has 0 spiro atoms. The second-order valence-electron chi connectivity index (χ2n) is 7.22. The van der Waals surface area contributed by atoms with E-state index >= 15 is 0 Å². The third kappa shape index (κ3) is 4.07. The van der Waals surface area contributed by atoms with Gasteiger partial charge in [-0.1, -0.05) is 61.2 Å². The van der Waals surface area contributed by atoms with Crippen LogP contribution in [0.3, 0.4) is 0 Å². The maximum atomic E-state index is 6.13. The largest absolute Gasteiger partial charge is 0.419 e. The third-order valence-electron chi connectivity index (χ3n) is 5.44. The Morgan fingerprint density at radius 3 is 2.37 bits per heavy atom. The summed E-state index contributed by atoms with van der Waals surface area (Å²) in [5.41, 5.74) is 2.06. The highest BCUT2D eigenvalue weighted by molar-refractivity contribution is 6.30. The first-order valence-electron chi connectivity index (χ1n) is 9.58. The highest BCUT2D eigenvalue weighted by Gasteiger charge is 2.30. The molecule has 27 heavy (non-hydrogen) atoms. The fourth-order valence-electron chi connectivity index (χ4n) is 3.94. The fraction of sp³-hybridized carbons (Fsp3) is 0.364. The quantitative estimate of drug-likeness (QED) is 0.564. The number of hydrogen-bond acceptors (Lipinski definition) is 4. The molecule has 1 aliphatic carbocycles. The summed E-state index contributed by atoms with van der Waals surface area (Å²) in [5, 5.41) is 9.41. The SMILES string of the molecule is CN(C1CCCCC1)C(c1ccccc1)c1nnc(-c2ccc(Cl)cc2)o1. The van der Waals surface area contributed by atoms with E-state index in [4.69, 9.17) is 16.0 Å².